The molecule has 0 fully saturated rings. The van der Waals surface area contributed by atoms with Crippen molar-refractivity contribution in [3.05, 3.63) is 17.5 Å². The molecule has 2 N–H and O–H groups in total. The minimum atomic E-state index is -3.52. The van der Waals surface area contributed by atoms with Crippen molar-refractivity contribution in [2.45, 2.75) is 10.6 Å². The molecule has 1 aromatic heterocycles. The first-order valence-electron chi connectivity index (χ1n) is 4.27. The van der Waals surface area contributed by atoms with Crippen LogP contribution < -0.4 is 10.0 Å². The Labute approximate surface area is 96.9 Å². The van der Waals surface area contributed by atoms with Gasteiger partial charge in [-0.3, -0.25) is 10.1 Å². The predicted octanol–water partition coefficient (Wildman–Crippen LogP) is 0.0138. The van der Waals surface area contributed by atoms with Crippen LogP contribution in [-0.4, -0.2) is 20.9 Å². The number of hydrogen-bond acceptors (Lipinski definition) is 5. The molecule has 1 heterocycles. The minimum Gasteiger partial charge on any atom is -0.274 e. The predicted molar refractivity (Wildman–Crippen MR) is 57.9 cm³/mol. The van der Waals surface area contributed by atoms with Gasteiger partial charge in [-0.25, -0.2) is 13.1 Å². The zero-order valence-electron chi connectivity index (χ0n) is 8.13. The highest BCUT2D eigenvalue weighted by molar-refractivity contribution is 7.91. The topological polar surface area (TPSA) is 99.1 Å². The van der Waals surface area contributed by atoms with Crippen LogP contribution in [-0.2, 0) is 14.8 Å². The molecule has 6 nitrogen and oxygen atoms in total. The molecule has 0 aliphatic rings. The molecule has 0 aromatic carbocycles. The summed E-state index contributed by atoms with van der Waals surface area (Å²) in [5.74, 6) is -0.517. The van der Waals surface area contributed by atoms with E-state index in [9.17, 15) is 13.2 Å². The Bertz CT molecular complexity index is 487. The maximum atomic E-state index is 11.5. The summed E-state index contributed by atoms with van der Waals surface area (Å²) >= 11 is 1.10. The van der Waals surface area contributed by atoms with Crippen molar-refractivity contribution >= 4 is 27.3 Å². The van der Waals surface area contributed by atoms with Crippen molar-refractivity contribution in [2.75, 3.05) is 6.54 Å². The van der Waals surface area contributed by atoms with Crippen molar-refractivity contribution < 1.29 is 13.2 Å². The molecule has 8 heteroatoms. The van der Waals surface area contributed by atoms with Gasteiger partial charge in [-0.2, -0.15) is 5.26 Å². The SMILES string of the molecule is N#CNC(=O)CCNS(=O)(=O)c1cccs1. The summed E-state index contributed by atoms with van der Waals surface area (Å²) in [7, 11) is -3.52. The third-order valence-corrected chi connectivity index (χ3v) is 4.46. The van der Waals surface area contributed by atoms with Gasteiger partial charge in [0, 0.05) is 13.0 Å². The van der Waals surface area contributed by atoms with Crippen molar-refractivity contribution in [2.24, 2.45) is 0 Å². The quantitative estimate of drug-likeness (QED) is 0.575. The van der Waals surface area contributed by atoms with Crippen molar-refractivity contribution in [1.29, 1.82) is 5.26 Å². The summed E-state index contributed by atoms with van der Waals surface area (Å²) in [5, 5.41) is 11.7. The molecule has 1 amide bonds. The molecule has 0 saturated carbocycles. The van der Waals surface area contributed by atoms with E-state index >= 15 is 0 Å². The fourth-order valence-corrected chi connectivity index (χ4v) is 2.98. The Morgan fingerprint density at radius 1 is 1.56 bits per heavy atom. The number of nitrogens with one attached hydrogen (secondary N) is 2. The van der Waals surface area contributed by atoms with Gasteiger partial charge in [0.2, 0.25) is 15.9 Å². The summed E-state index contributed by atoms with van der Waals surface area (Å²) in [4.78, 5) is 10.8. The number of rotatable bonds is 5. The highest BCUT2D eigenvalue weighted by Gasteiger charge is 2.14. The Hall–Kier alpha value is -1.43. The normalized spacial score (nSPS) is 10.7. The number of carbonyl (C=O) groups is 1. The van der Waals surface area contributed by atoms with E-state index in [4.69, 9.17) is 5.26 Å². The molecule has 0 bridgehead atoms. The molecule has 86 valence electrons. The lowest BCUT2D eigenvalue weighted by Crippen LogP contribution is -2.28. The monoisotopic (exact) mass is 259 g/mol. The smallest absolute Gasteiger partial charge is 0.250 e. The molecule has 0 saturated heterocycles. The number of nitrogens with zero attached hydrogens (tertiary/aromatic N) is 1. The second-order valence-corrected chi connectivity index (χ2v) is 5.68. The second-order valence-electron chi connectivity index (χ2n) is 2.74. The third kappa shape index (κ3) is 3.62. The van der Waals surface area contributed by atoms with Crippen LogP contribution in [0.5, 0.6) is 0 Å². The van der Waals surface area contributed by atoms with Gasteiger partial charge in [0.25, 0.3) is 0 Å². The fourth-order valence-electron chi connectivity index (χ4n) is 0.911. The van der Waals surface area contributed by atoms with E-state index in [1.54, 1.807) is 11.4 Å². The maximum Gasteiger partial charge on any atom is 0.250 e. The van der Waals surface area contributed by atoms with Gasteiger partial charge in [-0.15, -0.1) is 11.3 Å². The number of amides is 1. The molecule has 0 spiro atoms. The van der Waals surface area contributed by atoms with Crippen LogP contribution in [0.25, 0.3) is 0 Å². The average Bonchev–Trinajstić information content (AvgIpc) is 2.71. The third-order valence-electron chi connectivity index (χ3n) is 1.60. The van der Waals surface area contributed by atoms with E-state index in [1.165, 1.54) is 12.3 Å². The average molecular weight is 259 g/mol. The molecule has 0 atom stereocenters. The molecular formula is C8H9N3O3S2. The highest BCUT2D eigenvalue weighted by atomic mass is 32.2. The molecule has 1 aromatic rings. The van der Waals surface area contributed by atoms with Crippen LogP contribution in [0.2, 0.25) is 0 Å². The Morgan fingerprint density at radius 3 is 2.88 bits per heavy atom. The van der Waals surface area contributed by atoms with Crippen LogP contribution in [0.3, 0.4) is 0 Å². The first kappa shape index (κ1) is 12.6. The van der Waals surface area contributed by atoms with Crippen molar-refractivity contribution in [1.82, 2.24) is 10.0 Å². The molecule has 1 rings (SSSR count). The number of carbonyl (C=O) groups excluding carboxylic acids is 1. The highest BCUT2D eigenvalue weighted by Crippen LogP contribution is 2.14. The van der Waals surface area contributed by atoms with E-state index in [-0.39, 0.29) is 17.2 Å². The Balaban J connectivity index is 2.45. The van der Waals surface area contributed by atoms with E-state index < -0.39 is 15.9 Å². The van der Waals surface area contributed by atoms with Crippen molar-refractivity contribution in [3.8, 4) is 6.19 Å². The van der Waals surface area contributed by atoms with Crippen LogP contribution in [0.4, 0.5) is 0 Å². The molecule has 0 unspecified atom stereocenters. The zero-order chi connectivity index (χ0) is 12.0. The lowest BCUT2D eigenvalue weighted by molar-refractivity contribution is -0.119. The lowest BCUT2D eigenvalue weighted by Gasteiger charge is -2.02. The van der Waals surface area contributed by atoms with Gasteiger partial charge < -0.3 is 0 Å². The standard InChI is InChI=1S/C8H9N3O3S2/c9-6-10-7(12)3-4-11-16(13,14)8-2-1-5-15-8/h1-2,5,11H,3-4H2,(H,10,12). The van der Waals surface area contributed by atoms with E-state index in [2.05, 4.69) is 4.72 Å². The Morgan fingerprint density at radius 2 is 2.31 bits per heavy atom. The fraction of sp³-hybridized carbons (Fsp3) is 0.250. The number of sulfonamides is 1. The van der Waals surface area contributed by atoms with Gasteiger partial charge in [0.1, 0.15) is 4.21 Å². The first-order chi connectivity index (χ1) is 7.56. The van der Waals surface area contributed by atoms with E-state index in [0.29, 0.717) is 0 Å². The van der Waals surface area contributed by atoms with E-state index in [1.807, 2.05) is 5.32 Å². The first-order valence-corrected chi connectivity index (χ1v) is 6.63. The summed E-state index contributed by atoms with van der Waals surface area (Å²) in [6.07, 6.45) is 1.40. The van der Waals surface area contributed by atoms with Gasteiger partial charge in [-0.1, -0.05) is 6.07 Å². The number of hydrogen-bond donors (Lipinski definition) is 2. The van der Waals surface area contributed by atoms with Gasteiger partial charge in [-0.05, 0) is 11.4 Å². The molecule has 16 heavy (non-hydrogen) atoms. The van der Waals surface area contributed by atoms with Gasteiger partial charge >= 0.3 is 0 Å². The van der Waals surface area contributed by atoms with Gasteiger partial charge in [0.15, 0.2) is 6.19 Å². The van der Waals surface area contributed by atoms with Crippen LogP contribution in [0, 0.1) is 11.5 Å². The summed E-state index contributed by atoms with van der Waals surface area (Å²) in [6.45, 7) is -0.0340. The van der Waals surface area contributed by atoms with Crippen LogP contribution in [0.1, 0.15) is 6.42 Å². The van der Waals surface area contributed by atoms with Crippen molar-refractivity contribution in [3.63, 3.8) is 0 Å². The largest absolute Gasteiger partial charge is 0.274 e. The lowest BCUT2D eigenvalue weighted by atomic mass is 10.4. The summed E-state index contributed by atoms with van der Waals surface area (Å²) in [6, 6.07) is 3.10. The molecular weight excluding hydrogens is 250 g/mol. The van der Waals surface area contributed by atoms with Gasteiger partial charge in [0.05, 0.1) is 0 Å². The zero-order valence-corrected chi connectivity index (χ0v) is 9.77. The van der Waals surface area contributed by atoms with Crippen LogP contribution in [0.15, 0.2) is 21.7 Å². The summed E-state index contributed by atoms with van der Waals surface area (Å²) < 4.78 is 25.5. The van der Waals surface area contributed by atoms with E-state index in [0.717, 1.165) is 11.3 Å². The second kappa shape index (κ2) is 5.60. The molecule has 0 radical (unpaired) electrons. The Kier molecular flexibility index (Phi) is 4.42. The maximum absolute atomic E-state index is 11.5. The minimum absolute atomic E-state index is 0.0340. The van der Waals surface area contributed by atoms with Crippen LogP contribution >= 0.6 is 11.3 Å². The number of thiophene rings is 1. The number of nitriles is 1. The molecule has 0 aliphatic carbocycles. The summed E-state index contributed by atoms with van der Waals surface area (Å²) in [5.41, 5.74) is 0. The molecule has 0 aliphatic heterocycles.